The molecule has 2 rings (SSSR count). The first-order valence-electron chi connectivity index (χ1n) is 7.43. The first-order valence-corrected chi connectivity index (χ1v) is 7.43. The number of benzene rings is 2. The number of ether oxygens (including phenoxy) is 2. The van der Waals surface area contributed by atoms with Crippen LogP contribution in [0.1, 0.15) is 35.7 Å². The average Bonchev–Trinajstić information content (AvgIpc) is 2.53. The number of halogens is 2. The van der Waals surface area contributed by atoms with Crippen LogP contribution in [-0.4, -0.2) is 12.6 Å². The Morgan fingerprint density at radius 2 is 1.83 bits per heavy atom. The molecule has 122 valence electrons. The Bertz CT molecular complexity index is 684. The van der Waals surface area contributed by atoms with Gasteiger partial charge in [-0.1, -0.05) is 31.5 Å². The molecule has 0 atom stereocenters. The van der Waals surface area contributed by atoms with Crippen LogP contribution < -0.4 is 9.47 Å². The smallest absolute Gasteiger partial charge is 0.347 e. The van der Waals surface area contributed by atoms with Crippen LogP contribution in [0, 0.1) is 18.6 Å². The fourth-order valence-corrected chi connectivity index (χ4v) is 2.05. The summed E-state index contributed by atoms with van der Waals surface area (Å²) in [6.07, 6.45) is 1.55. The van der Waals surface area contributed by atoms with Gasteiger partial charge in [0.2, 0.25) is 0 Å². The molecule has 0 saturated heterocycles. The first kappa shape index (κ1) is 16.9. The monoisotopic (exact) mass is 320 g/mol. The first-order chi connectivity index (χ1) is 11.0. The highest BCUT2D eigenvalue weighted by molar-refractivity contribution is 5.95. The minimum Gasteiger partial charge on any atom is -0.490 e. The van der Waals surface area contributed by atoms with Gasteiger partial charge >= 0.3 is 5.97 Å². The van der Waals surface area contributed by atoms with Crippen molar-refractivity contribution in [2.45, 2.75) is 26.7 Å². The molecule has 2 aromatic carbocycles. The van der Waals surface area contributed by atoms with Crippen LogP contribution in [0.4, 0.5) is 8.78 Å². The number of unbranched alkanes of at least 4 members (excludes halogenated alkanes) is 1. The van der Waals surface area contributed by atoms with Crippen molar-refractivity contribution in [3.8, 4) is 11.5 Å². The Hall–Kier alpha value is -2.43. The lowest BCUT2D eigenvalue weighted by atomic mass is 10.1. The second-order valence-corrected chi connectivity index (χ2v) is 5.07. The summed E-state index contributed by atoms with van der Waals surface area (Å²) in [6.45, 7) is 3.59. The van der Waals surface area contributed by atoms with E-state index in [1.807, 2.05) is 6.92 Å². The van der Waals surface area contributed by atoms with Gasteiger partial charge in [-0.15, -0.1) is 0 Å². The van der Waals surface area contributed by atoms with Crippen molar-refractivity contribution < 1.29 is 23.0 Å². The van der Waals surface area contributed by atoms with Crippen molar-refractivity contribution in [2.75, 3.05) is 6.61 Å². The molecule has 0 saturated carbocycles. The van der Waals surface area contributed by atoms with E-state index in [4.69, 9.17) is 9.47 Å². The molecule has 0 aromatic heterocycles. The molecule has 0 heterocycles. The van der Waals surface area contributed by atoms with E-state index in [2.05, 4.69) is 0 Å². The Labute approximate surface area is 133 Å². The number of hydrogen-bond acceptors (Lipinski definition) is 3. The molecule has 0 unspecified atom stereocenters. The summed E-state index contributed by atoms with van der Waals surface area (Å²) in [5.74, 6) is -2.55. The van der Waals surface area contributed by atoms with Crippen LogP contribution in [0.2, 0.25) is 0 Å². The third-order valence-corrected chi connectivity index (χ3v) is 3.33. The van der Waals surface area contributed by atoms with Crippen molar-refractivity contribution >= 4 is 5.97 Å². The largest absolute Gasteiger partial charge is 0.490 e. The normalized spacial score (nSPS) is 10.4. The minimum atomic E-state index is -0.913. The quantitative estimate of drug-likeness (QED) is 0.441. The van der Waals surface area contributed by atoms with Crippen molar-refractivity contribution in [3.05, 3.63) is 59.2 Å². The Morgan fingerprint density at radius 1 is 1.13 bits per heavy atom. The highest BCUT2D eigenvalue weighted by Crippen LogP contribution is 2.30. The van der Waals surface area contributed by atoms with E-state index in [9.17, 15) is 13.6 Å². The number of para-hydroxylation sites is 1. The lowest BCUT2D eigenvalue weighted by molar-refractivity contribution is 0.0727. The maximum atomic E-state index is 14.0. The number of hydrogen-bond donors (Lipinski definition) is 0. The Kier molecular flexibility index (Phi) is 5.68. The van der Waals surface area contributed by atoms with Gasteiger partial charge in [-0.3, -0.25) is 0 Å². The lowest BCUT2D eigenvalue weighted by Gasteiger charge is -2.14. The summed E-state index contributed by atoms with van der Waals surface area (Å²) in [4.78, 5) is 12.4. The van der Waals surface area contributed by atoms with Gasteiger partial charge in [-0.2, -0.15) is 0 Å². The van der Waals surface area contributed by atoms with E-state index in [-0.39, 0.29) is 23.5 Å². The maximum absolute atomic E-state index is 14.0. The SMILES string of the molecule is CCCCOc1c(F)cc(F)c(C)c1C(=O)Oc1ccccc1. The van der Waals surface area contributed by atoms with E-state index in [0.29, 0.717) is 12.2 Å². The number of rotatable bonds is 6. The fraction of sp³-hybridized carbons (Fsp3) is 0.278. The molecule has 0 bridgehead atoms. The number of carbonyl (C=O) groups excluding carboxylic acids is 1. The van der Waals surface area contributed by atoms with Gasteiger partial charge in [-0.25, -0.2) is 13.6 Å². The standard InChI is InChI=1S/C18H18F2O3/c1-3-4-10-22-17-15(20)11-14(19)12(2)16(17)18(21)23-13-8-6-5-7-9-13/h5-9,11H,3-4,10H2,1-2H3. The van der Waals surface area contributed by atoms with Gasteiger partial charge < -0.3 is 9.47 Å². The van der Waals surface area contributed by atoms with Crippen LogP contribution in [0.5, 0.6) is 11.5 Å². The highest BCUT2D eigenvalue weighted by atomic mass is 19.1. The van der Waals surface area contributed by atoms with E-state index < -0.39 is 17.6 Å². The molecule has 0 spiro atoms. The maximum Gasteiger partial charge on any atom is 0.347 e. The number of carbonyl (C=O) groups is 1. The van der Waals surface area contributed by atoms with E-state index in [1.165, 1.54) is 6.92 Å². The predicted molar refractivity (Wildman–Crippen MR) is 82.9 cm³/mol. The summed E-state index contributed by atoms with van der Waals surface area (Å²) in [5.41, 5.74) is -0.221. The summed E-state index contributed by atoms with van der Waals surface area (Å²) >= 11 is 0. The van der Waals surface area contributed by atoms with Crippen LogP contribution in [-0.2, 0) is 0 Å². The second kappa shape index (κ2) is 7.72. The zero-order valence-electron chi connectivity index (χ0n) is 13.1. The molecule has 0 amide bonds. The van der Waals surface area contributed by atoms with E-state index in [0.717, 1.165) is 12.5 Å². The van der Waals surface area contributed by atoms with E-state index >= 15 is 0 Å². The van der Waals surface area contributed by atoms with Crippen molar-refractivity contribution in [2.24, 2.45) is 0 Å². The summed E-state index contributed by atoms with van der Waals surface area (Å²) in [5, 5.41) is 0. The zero-order valence-corrected chi connectivity index (χ0v) is 13.1. The van der Waals surface area contributed by atoms with Crippen LogP contribution in [0.15, 0.2) is 36.4 Å². The lowest BCUT2D eigenvalue weighted by Crippen LogP contribution is -2.15. The van der Waals surface area contributed by atoms with Gasteiger partial charge in [0, 0.05) is 11.6 Å². The average molecular weight is 320 g/mol. The van der Waals surface area contributed by atoms with Crippen molar-refractivity contribution in [1.29, 1.82) is 0 Å². The zero-order chi connectivity index (χ0) is 16.8. The summed E-state index contributed by atoms with van der Waals surface area (Å²) in [6, 6.07) is 9.04. The van der Waals surface area contributed by atoms with Gasteiger partial charge in [0.25, 0.3) is 0 Å². The molecule has 2 aromatic rings. The molecular formula is C18H18F2O3. The molecule has 5 heteroatoms. The number of esters is 1. The van der Waals surface area contributed by atoms with Crippen LogP contribution in [0.25, 0.3) is 0 Å². The summed E-state index contributed by atoms with van der Waals surface area (Å²) in [7, 11) is 0. The van der Waals surface area contributed by atoms with E-state index in [1.54, 1.807) is 30.3 Å². The molecule has 0 radical (unpaired) electrons. The van der Waals surface area contributed by atoms with Gasteiger partial charge in [0.1, 0.15) is 17.1 Å². The second-order valence-electron chi connectivity index (χ2n) is 5.07. The van der Waals surface area contributed by atoms with Crippen molar-refractivity contribution in [1.82, 2.24) is 0 Å². The minimum absolute atomic E-state index is 0.00108. The molecule has 0 N–H and O–H groups in total. The Balaban J connectivity index is 2.36. The van der Waals surface area contributed by atoms with Gasteiger partial charge in [0.05, 0.1) is 6.61 Å². The Morgan fingerprint density at radius 3 is 2.48 bits per heavy atom. The van der Waals surface area contributed by atoms with Gasteiger partial charge in [0.15, 0.2) is 11.6 Å². The summed E-state index contributed by atoms with van der Waals surface area (Å²) < 4.78 is 38.4. The van der Waals surface area contributed by atoms with Crippen LogP contribution in [0.3, 0.4) is 0 Å². The fourth-order valence-electron chi connectivity index (χ4n) is 2.05. The molecule has 0 aliphatic carbocycles. The van der Waals surface area contributed by atoms with Crippen LogP contribution >= 0.6 is 0 Å². The predicted octanol–water partition coefficient (Wildman–Crippen LogP) is 4.67. The highest BCUT2D eigenvalue weighted by Gasteiger charge is 2.24. The van der Waals surface area contributed by atoms with Crippen molar-refractivity contribution in [3.63, 3.8) is 0 Å². The molecule has 0 aliphatic rings. The third kappa shape index (κ3) is 4.06. The molecule has 3 nitrogen and oxygen atoms in total. The molecule has 0 fully saturated rings. The van der Waals surface area contributed by atoms with Gasteiger partial charge in [-0.05, 0) is 25.5 Å². The topological polar surface area (TPSA) is 35.5 Å². The third-order valence-electron chi connectivity index (χ3n) is 3.33. The molecular weight excluding hydrogens is 302 g/mol. The molecule has 23 heavy (non-hydrogen) atoms. The molecule has 0 aliphatic heterocycles.